The second-order valence-electron chi connectivity index (χ2n) is 16.5. The minimum atomic E-state index is -3.05. The van der Waals surface area contributed by atoms with Crippen molar-refractivity contribution in [1.29, 1.82) is 0 Å². The number of fused-ring (bicyclic) bond motifs is 6. The molecule has 0 radical (unpaired) electrons. The number of hydrogen-bond acceptors (Lipinski definition) is 0. The Labute approximate surface area is 368 Å². The van der Waals surface area contributed by atoms with Gasteiger partial charge < -0.3 is 9.13 Å². The molecule has 0 fully saturated rings. The highest BCUT2D eigenvalue weighted by Gasteiger charge is 2.42. The first-order chi connectivity index (χ1) is 31.3. The molecule has 0 saturated carbocycles. The Morgan fingerprint density at radius 2 is 0.667 bits per heavy atom. The van der Waals surface area contributed by atoms with Crippen molar-refractivity contribution >= 4 is 72.4 Å². The summed E-state index contributed by atoms with van der Waals surface area (Å²) in [7, 11) is -3.05. The second kappa shape index (κ2) is 15.2. The van der Waals surface area contributed by atoms with Crippen LogP contribution >= 0.6 is 0 Å². The molecule has 296 valence electrons. The molecular weight excluding hydrogens is 777 g/mol. The van der Waals surface area contributed by atoms with Crippen LogP contribution in [0.2, 0.25) is 0 Å². The van der Waals surface area contributed by atoms with E-state index in [-0.39, 0.29) is 0 Å². The monoisotopic (exact) mass is 818 g/mol. The van der Waals surface area contributed by atoms with Crippen molar-refractivity contribution in [3.63, 3.8) is 0 Å². The van der Waals surface area contributed by atoms with Crippen LogP contribution in [0.4, 0.5) is 0 Å². The van der Waals surface area contributed by atoms with E-state index < -0.39 is 8.07 Å². The van der Waals surface area contributed by atoms with Gasteiger partial charge in [-0.2, -0.15) is 0 Å². The molecule has 10 aromatic carbocycles. The maximum absolute atomic E-state index is 3.05. The molecule has 12 rings (SSSR count). The highest BCUT2D eigenvalue weighted by molar-refractivity contribution is 7.20. The van der Waals surface area contributed by atoms with E-state index in [1.54, 1.807) is 0 Å². The predicted molar refractivity (Wildman–Crippen MR) is 270 cm³/mol. The highest BCUT2D eigenvalue weighted by Crippen LogP contribution is 2.37. The summed E-state index contributed by atoms with van der Waals surface area (Å²) >= 11 is 0. The van der Waals surface area contributed by atoms with Gasteiger partial charge in [0.05, 0.1) is 22.1 Å². The number of aromatic nitrogens is 2. The van der Waals surface area contributed by atoms with E-state index >= 15 is 0 Å². The zero-order valence-electron chi connectivity index (χ0n) is 34.6. The van der Waals surface area contributed by atoms with Gasteiger partial charge in [-0.3, -0.25) is 0 Å². The van der Waals surface area contributed by atoms with Crippen LogP contribution in [0, 0.1) is 0 Å². The Bertz CT molecular complexity index is 3500. The van der Waals surface area contributed by atoms with Crippen LogP contribution in [-0.4, -0.2) is 17.2 Å². The summed E-state index contributed by atoms with van der Waals surface area (Å²) in [4.78, 5) is 0. The normalized spacial score (nSPS) is 11.8. The molecule has 2 heterocycles. The van der Waals surface area contributed by atoms with E-state index in [2.05, 4.69) is 264 Å². The van der Waals surface area contributed by atoms with Gasteiger partial charge in [0.1, 0.15) is 0 Å². The molecule has 63 heavy (non-hydrogen) atoms. The largest absolute Gasteiger partial charge is 0.309 e. The van der Waals surface area contributed by atoms with E-state index in [0.29, 0.717) is 0 Å². The van der Waals surface area contributed by atoms with Crippen molar-refractivity contribution in [2.24, 2.45) is 0 Å². The average Bonchev–Trinajstić information content (AvgIpc) is 3.88. The number of para-hydroxylation sites is 3. The first-order valence-electron chi connectivity index (χ1n) is 21.8. The van der Waals surface area contributed by atoms with Crippen LogP contribution in [0.1, 0.15) is 0 Å². The lowest BCUT2D eigenvalue weighted by molar-refractivity contribution is 1.17. The molecule has 0 aliphatic carbocycles. The zero-order valence-corrected chi connectivity index (χ0v) is 35.6. The third-order valence-corrected chi connectivity index (χ3v) is 17.8. The molecule has 0 N–H and O–H groups in total. The van der Waals surface area contributed by atoms with Gasteiger partial charge in [-0.25, -0.2) is 0 Å². The molecule has 2 nitrogen and oxygen atoms in total. The first-order valence-corrected chi connectivity index (χ1v) is 23.8. The number of benzene rings is 10. The molecule has 0 aliphatic heterocycles. The molecule has 2 aromatic heterocycles. The maximum atomic E-state index is 2.54. The molecule has 0 atom stereocenters. The average molecular weight is 819 g/mol. The molecule has 12 aromatic rings. The van der Waals surface area contributed by atoms with Gasteiger partial charge in [0.25, 0.3) is 0 Å². The summed E-state index contributed by atoms with van der Waals surface area (Å²) in [5, 5.41) is 10.3. The molecule has 3 heteroatoms. The third-order valence-electron chi connectivity index (χ3n) is 13.0. The second-order valence-corrected chi connectivity index (χ2v) is 20.3. The smallest absolute Gasteiger partial charge is 0.179 e. The summed E-state index contributed by atoms with van der Waals surface area (Å²) in [5.74, 6) is 0. The van der Waals surface area contributed by atoms with Gasteiger partial charge in [-0.05, 0) is 97.6 Å². The van der Waals surface area contributed by atoms with Crippen LogP contribution in [-0.2, 0) is 0 Å². The highest BCUT2D eigenvalue weighted by atomic mass is 28.3. The molecule has 0 unspecified atom stereocenters. The number of hydrogen-bond donors (Lipinski definition) is 0. The Morgan fingerprint density at radius 1 is 0.222 bits per heavy atom. The van der Waals surface area contributed by atoms with Gasteiger partial charge in [-0.15, -0.1) is 0 Å². The van der Waals surface area contributed by atoms with Crippen molar-refractivity contribution in [2.75, 3.05) is 0 Å². The van der Waals surface area contributed by atoms with E-state index in [1.165, 1.54) is 86.6 Å². The Kier molecular flexibility index (Phi) is 8.87. The van der Waals surface area contributed by atoms with Crippen molar-refractivity contribution in [3.05, 3.63) is 255 Å². The quantitative estimate of drug-likeness (QED) is 0.107. The SMILES string of the molecule is c1ccc(-c2cc(-c3ccccc3)cc([Si](c3ccccc3)(c3ccccc3)c3ccc4c5ccccc5n(-c5ccc6c(c5)c5ccccc5n6-c5ccccc5)c4c3)c2)cc1. The fourth-order valence-electron chi connectivity index (χ4n) is 10.3. The molecule has 0 bridgehead atoms. The Hall–Kier alpha value is -7.98. The number of nitrogens with zero attached hydrogens (tertiary/aromatic N) is 2. The summed E-state index contributed by atoms with van der Waals surface area (Å²) in [5.41, 5.74) is 11.9. The van der Waals surface area contributed by atoms with Crippen LogP contribution in [0.15, 0.2) is 255 Å². The lowest BCUT2D eigenvalue weighted by atomic mass is 9.99. The van der Waals surface area contributed by atoms with E-state index in [0.717, 1.165) is 11.4 Å². The first kappa shape index (κ1) is 36.8. The minimum Gasteiger partial charge on any atom is -0.309 e. The van der Waals surface area contributed by atoms with Gasteiger partial charge in [0.2, 0.25) is 0 Å². The van der Waals surface area contributed by atoms with E-state index in [9.17, 15) is 0 Å². The predicted octanol–water partition coefficient (Wildman–Crippen LogP) is 12.6. The fraction of sp³-hybridized carbons (Fsp3) is 0. The van der Waals surface area contributed by atoms with Crippen LogP contribution in [0.25, 0.3) is 77.2 Å². The lowest BCUT2D eigenvalue weighted by Gasteiger charge is -2.35. The summed E-state index contributed by atoms with van der Waals surface area (Å²) in [6, 6.07) is 94.6. The van der Waals surface area contributed by atoms with Gasteiger partial charge >= 0.3 is 0 Å². The van der Waals surface area contributed by atoms with Crippen molar-refractivity contribution in [2.45, 2.75) is 0 Å². The molecule has 0 spiro atoms. The Morgan fingerprint density at radius 3 is 1.24 bits per heavy atom. The van der Waals surface area contributed by atoms with E-state index in [1.807, 2.05) is 0 Å². The van der Waals surface area contributed by atoms with Crippen LogP contribution in [0.3, 0.4) is 0 Å². The molecule has 0 saturated heterocycles. The molecule has 0 aliphatic rings. The maximum Gasteiger partial charge on any atom is 0.179 e. The summed E-state index contributed by atoms with van der Waals surface area (Å²) in [6.07, 6.45) is 0. The summed E-state index contributed by atoms with van der Waals surface area (Å²) < 4.78 is 4.90. The van der Waals surface area contributed by atoms with Crippen LogP contribution in [0.5, 0.6) is 0 Å². The fourth-order valence-corrected chi connectivity index (χ4v) is 15.1. The molecule has 0 amide bonds. The standard InChI is InChI=1S/C60H42N2Si/c1-6-20-43(21-7-1)45-38-46(44-22-8-2-9-23-44)40-52(39-45)63(49-26-12-4-13-27-49,50-28-14-5-15-29-50)51-35-36-55-53-30-16-18-32-57(53)62(60(55)42-51)48-34-37-59-56(41-48)54-31-17-19-33-58(54)61(59)47-24-10-3-11-25-47/h1-42H. The Balaban J connectivity index is 1.17. The zero-order chi connectivity index (χ0) is 41.7. The van der Waals surface area contributed by atoms with Crippen molar-refractivity contribution in [1.82, 2.24) is 9.13 Å². The third kappa shape index (κ3) is 6.00. The van der Waals surface area contributed by atoms with Gasteiger partial charge in [0, 0.05) is 32.9 Å². The lowest BCUT2D eigenvalue weighted by Crippen LogP contribution is -2.74. The van der Waals surface area contributed by atoms with Crippen LogP contribution < -0.4 is 20.7 Å². The van der Waals surface area contributed by atoms with Crippen molar-refractivity contribution < 1.29 is 0 Å². The topological polar surface area (TPSA) is 9.86 Å². The van der Waals surface area contributed by atoms with Gasteiger partial charge in [0.15, 0.2) is 8.07 Å². The number of rotatable bonds is 8. The van der Waals surface area contributed by atoms with Gasteiger partial charge in [-0.1, -0.05) is 200 Å². The molecular formula is C60H42N2Si. The minimum absolute atomic E-state index is 1.14. The van der Waals surface area contributed by atoms with E-state index in [4.69, 9.17) is 0 Å². The summed E-state index contributed by atoms with van der Waals surface area (Å²) in [6.45, 7) is 0. The van der Waals surface area contributed by atoms with Crippen molar-refractivity contribution in [3.8, 4) is 33.6 Å².